The fraction of sp³-hybridized carbons (Fsp3) is 0.500. The first-order valence-corrected chi connectivity index (χ1v) is 7.16. The zero-order chi connectivity index (χ0) is 16.2. The van der Waals surface area contributed by atoms with Gasteiger partial charge in [-0.3, -0.25) is 4.39 Å². The summed E-state index contributed by atoms with van der Waals surface area (Å²) in [5.41, 5.74) is -1.28. The second-order valence-electron chi connectivity index (χ2n) is 6.24. The van der Waals surface area contributed by atoms with Gasteiger partial charge in [-0.25, -0.2) is 9.67 Å². The van der Waals surface area contributed by atoms with Gasteiger partial charge in [0, 0.05) is 5.41 Å². The van der Waals surface area contributed by atoms with Crippen molar-refractivity contribution < 1.29 is 14.2 Å². The maximum Gasteiger partial charge on any atom is 0.137 e. The summed E-state index contributed by atoms with van der Waals surface area (Å²) in [6.45, 7) is 4.72. The lowest BCUT2D eigenvalue weighted by Gasteiger charge is -2.40. The normalized spacial score (nSPS) is 14.6. The molecule has 2 rings (SSSR count). The number of rotatable bonds is 7. The van der Waals surface area contributed by atoms with Crippen LogP contribution in [0.1, 0.15) is 19.4 Å². The fourth-order valence-electron chi connectivity index (χ4n) is 2.00. The van der Waals surface area contributed by atoms with Crippen LogP contribution in [0.25, 0.3) is 0 Å². The molecule has 1 unspecified atom stereocenters. The fourth-order valence-corrected chi connectivity index (χ4v) is 2.00. The van der Waals surface area contributed by atoms with E-state index in [0.717, 1.165) is 5.56 Å². The van der Waals surface area contributed by atoms with Gasteiger partial charge in [0.25, 0.3) is 0 Å². The summed E-state index contributed by atoms with van der Waals surface area (Å²) in [5, 5.41) is 15.0. The number of hydrogen-bond donors (Lipinski definition) is 1. The Labute approximate surface area is 129 Å². The maximum absolute atomic E-state index is 13.4. The summed E-state index contributed by atoms with van der Waals surface area (Å²) >= 11 is 0. The Morgan fingerprint density at radius 2 is 1.95 bits per heavy atom. The highest BCUT2D eigenvalue weighted by atomic mass is 19.1. The maximum atomic E-state index is 13.4. The van der Waals surface area contributed by atoms with Gasteiger partial charge in [0.1, 0.15) is 30.6 Å². The highest BCUT2D eigenvalue weighted by Gasteiger charge is 2.45. The lowest BCUT2D eigenvalue weighted by Crippen LogP contribution is -2.53. The van der Waals surface area contributed by atoms with E-state index in [1.807, 2.05) is 31.2 Å². The monoisotopic (exact) mass is 307 g/mol. The number of aryl methyl sites for hydroxylation is 1. The molecule has 6 heteroatoms. The molecule has 2 aromatic rings. The quantitative estimate of drug-likeness (QED) is 0.853. The number of benzene rings is 1. The third-order valence-corrected chi connectivity index (χ3v) is 3.98. The Morgan fingerprint density at radius 3 is 2.50 bits per heavy atom. The minimum atomic E-state index is -1.42. The van der Waals surface area contributed by atoms with Gasteiger partial charge in [-0.15, -0.1) is 0 Å². The minimum Gasteiger partial charge on any atom is -0.490 e. The summed E-state index contributed by atoms with van der Waals surface area (Å²) < 4.78 is 20.6. The molecule has 0 aliphatic heterocycles. The highest BCUT2D eigenvalue weighted by Crippen LogP contribution is 2.33. The number of aromatic nitrogens is 3. The lowest BCUT2D eigenvalue weighted by molar-refractivity contribution is -0.116. The summed E-state index contributed by atoms with van der Waals surface area (Å²) in [5.74, 6) is 0.636. The first kappa shape index (κ1) is 16.4. The van der Waals surface area contributed by atoms with Crippen LogP contribution in [0, 0.1) is 12.3 Å². The first-order chi connectivity index (χ1) is 10.4. The molecule has 22 heavy (non-hydrogen) atoms. The van der Waals surface area contributed by atoms with Crippen molar-refractivity contribution in [2.75, 3.05) is 13.3 Å². The van der Waals surface area contributed by atoms with Gasteiger partial charge in [0.2, 0.25) is 0 Å². The van der Waals surface area contributed by atoms with E-state index in [1.54, 1.807) is 13.8 Å². The van der Waals surface area contributed by atoms with Crippen LogP contribution in [-0.4, -0.2) is 38.8 Å². The Morgan fingerprint density at radius 1 is 1.27 bits per heavy atom. The van der Waals surface area contributed by atoms with Crippen LogP contribution >= 0.6 is 0 Å². The summed E-state index contributed by atoms with van der Waals surface area (Å²) in [4.78, 5) is 3.85. The topological polar surface area (TPSA) is 60.2 Å². The van der Waals surface area contributed by atoms with E-state index in [2.05, 4.69) is 10.1 Å². The van der Waals surface area contributed by atoms with E-state index in [-0.39, 0.29) is 13.2 Å². The molecule has 0 spiro atoms. The Kier molecular flexibility index (Phi) is 4.81. The van der Waals surface area contributed by atoms with Crippen molar-refractivity contribution in [3.8, 4) is 5.75 Å². The predicted molar refractivity (Wildman–Crippen MR) is 81.4 cm³/mol. The number of aliphatic hydroxyl groups is 1. The Bertz CT molecular complexity index is 584. The highest BCUT2D eigenvalue weighted by molar-refractivity contribution is 5.26. The third-order valence-electron chi connectivity index (χ3n) is 3.98. The second kappa shape index (κ2) is 6.44. The molecule has 0 amide bonds. The minimum absolute atomic E-state index is 0.0349. The van der Waals surface area contributed by atoms with Crippen LogP contribution in [0.2, 0.25) is 0 Å². The van der Waals surface area contributed by atoms with Gasteiger partial charge in [-0.05, 0) is 19.1 Å². The van der Waals surface area contributed by atoms with Gasteiger partial charge in [0.05, 0.1) is 13.2 Å². The molecule has 0 bridgehead atoms. The molecule has 0 saturated carbocycles. The first-order valence-electron chi connectivity index (χ1n) is 7.16. The molecular weight excluding hydrogens is 285 g/mol. The lowest BCUT2D eigenvalue weighted by atomic mass is 9.76. The molecule has 120 valence electrons. The molecular formula is C16H22FN3O2. The van der Waals surface area contributed by atoms with Crippen molar-refractivity contribution in [2.45, 2.75) is 32.9 Å². The van der Waals surface area contributed by atoms with Crippen LogP contribution in [0.4, 0.5) is 4.39 Å². The van der Waals surface area contributed by atoms with Crippen LogP contribution in [0.5, 0.6) is 5.75 Å². The third kappa shape index (κ3) is 3.62. The van der Waals surface area contributed by atoms with Crippen molar-refractivity contribution in [2.24, 2.45) is 5.41 Å². The van der Waals surface area contributed by atoms with E-state index in [0.29, 0.717) is 5.75 Å². The van der Waals surface area contributed by atoms with Gasteiger partial charge < -0.3 is 9.84 Å². The Balaban J connectivity index is 2.15. The van der Waals surface area contributed by atoms with Crippen molar-refractivity contribution >= 4 is 0 Å². The molecule has 1 N–H and O–H groups in total. The van der Waals surface area contributed by atoms with E-state index in [9.17, 15) is 9.50 Å². The zero-order valence-electron chi connectivity index (χ0n) is 13.2. The van der Waals surface area contributed by atoms with Crippen LogP contribution in [0.15, 0.2) is 36.9 Å². The zero-order valence-corrected chi connectivity index (χ0v) is 13.2. The SMILES string of the molecule is Cc1ccc(OCC(O)(Cn2cncn2)C(C)(C)CF)cc1. The molecule has 0 fully saturated rings. The summed E-state index contributed by atoms with van der Waals surface area (Å²) in [7, 11) is 0. The average Bonchev–Trinajstić information content (AvgIpc) is 2.99. The molecule has 1 aromatic carbocycles. The van der Waals surface area contributed by atoms with Crippen LogP contribution in [-0.2, 0) is 6.54 Å². The number of hydrogen-bond acceptors (Lipinski definition) is 4. The Hall–Kier alpha value is -1.95. The standard InChI is InChI=1S/C16H22FN3O2/c1-13-4-6-14(7-5-13)22-10-16(21,15(2,3)8-17)9-20-12-18-11-19-20/h4-7,11-12,21H,8-10H2,1-3H3. The molecule has 1 heterocycles. The van der Waals surface area contributed by atoms with E-state index < -0.39 is 17.7 Å². The number of halogens is 1. The van der Waals surface area contributed by atoms with E-state index >= 15 is 0 Å². The number of ether oxygens (including phenoxy) is 1. The van der Waals surface area contributed by atoms with E-state index in [4.69, 9.17) is 4.74 Å². The van der Waals surface area contributed by atoms with Crippen molar-refractivity contribution in [3.63, 3.8) is 0 Å². The number of alkyl halides is 1. The molecule has 1 aromatic heterocycles. The van der Waals surface area contributed by atoms with Crippen molar-refractivity contribution in [1.82, 2.24) is 14.8 Å². The van der Waals surface area contributed by atoms with Crippen molar-refractivity contribution in [3.05, 3.63) is 42.5 Å². The molecule has 0 aliphatic rings. The molecule has 0 radical (unpaired) electrons. The van der Waals surface area contributed by atoms with Crippen LogP contribution in [0.3, 0.4) is 0 Å². The van der Waals surface area contributed by atoms with Gasteiger partial charge in [-0.2, -0.15) is 5.10 Å². The molecule has 5 nitrogen and oxygen atoms in total. The van der Waals surface area contributed by atoms with Crippen molar-refractivity contribution in [1.29, 1.82) is 0 Å². The molecule has 0 aliphatic carbocycles. The van der Waals surface area contributed by atoms with Gasteiger partial charge >= 0.3 is 0 Å². The van der Waals surface area contributed by atoms with Crippen LogP contribution < -0.4 is 4.74 Å². The van der Waals surface area contributed by atoms with E-state index in [1.165, 1.54) is 17.3 Å². The van der Waals surface area contributed by atoms with Gasteiger partial charge in [0.15, 0.2) is 0 Å². The molecule has 0 saturated heterocycles. The second-order valence-corrected chi connectivity index (χ2v) is 6.24. The number of nitrogens with zero attached hydrogens (tertiary/aromatic N) is 3. The summed E-state index contributed by atoms with van der Waals surface area (Å²) in [6.07, 6.45) is 2.87. The molecule has 1 atom stereocenters. The predicted octanol–water partition coefficient (Wildman–Crippen LogP) is 2.39. The average molecular weight is 307 g/mol. The summed E-state index contributed by atoms with van der Waals surface area (Å²) in [6, 6.07) is 7.50. The largest absolute Gasteiger partial charge is 0.490 e. The smallest absolute Gasteiger partial charge is 0.137 e. The van der Waals surface area contributed by atoms with Gasteiger partial charge in [-0.1, -0.05) is 31.5 Å².